The van der Waals surface area contributed by atoms with E-state index >= 15 is 0 Å². The molecule has 174 valence electrons. The largest absolute Gasteiger partial charge is 0.363 e. The molecular weight excluding hydrogens is 460 g/mol. The zero-order valence-electron chi connectivity index (χ0n) is 18.7. The Morgan fingerprint density at radius 3 is 2.46 bits per heavy atom. The van der Waals surface area contributed by atoms with Gasteiger partial charge in [0.05, 0.1) is 28.3 Å². The zero-order valence-corrected chi connectivity index (χ0v) is 19.5. The maximum absolute atomic E-state index is 12.9. The van der Waals surface area contributed by atoms with Crippen molar-refractivity contribution in [2.24, 2.45) is 0 Å². The Kier molecular flexibility index (Phi) is 6.42. The molecular formula is C26H22N6O2S. The number of nitrogens with zero attached hydrogens (tertiary/aromatic N) is 4. The van der Waals surface area contributed by atoms with Crippen molar-refractivity contribution in [2.75, 3.05) is 5.32 Å². The summed E-state index contributed by atoms with van der Waals surface area (Å²) in [4.78, 5) is 17.9. The lowest BCUT2D eigenvalue weighted by atomic mass is 10.1. The maximum Gasteiger partial charge on any atom is 0.240 e. The number of fused-ring (bicyclic) bond motifs is 1. The number of aromatic nitrogens is 4. The van der Waals surface area contributed by atoms with Gasteiger partial charge in [-0.05, 0) is 42.0 Å². The van der Waals surface area contributed by atoms with Crippen LogP contribution < -0.4 is 10.0 Å². The van der Waals surface area contributed by atoms with Gasteiger partial charge in [-0.3, -0.25) is 4.98 Å². The number of hydrogen-bond donors (Lipinski definition) is 2. The van der Waals surface area contributed by atoms with E-state index in [0.717, 1.165) is 11.3 Å². The number of nitrogens with one attached hydrogen (secondary N) is 2. The highest BCUT2D eigenvalue weighted by Gasteiger charge is 2.15. The van der Waals surface area contributed by atoms with Crippen molar-refractivity contribution >= 4 is 26.9 Å². The first-order valence-electron chi connectivity index (χ1n) is 11.0. The SMILES string of the molecule is O=S(=O)(NCc1ccccc1)c1cccc(-c2ccc3ncnc(NCc4ccccn4)c3n2)c1. The average Bonchev–Trinajstić information content (AvgIpc) is 2.92. The summed E-state index contributed by atoms with van der Waals surface area (Å²) >= 11 is 0. The summed E-state index contributed by atoms with van der Waals surface area (Å²) in [6.45, 7) is 0.698. The molecule has 0 atom stereocenters. The highest BCUT2D eigenvalue weighted by Crippen LogP contribution is 2.25. The summed E-state index contributed by atoms with van der Waals surface area (Å²) in [6, 6.07) is 25.5. The molecule has 3 heterocycles. The van der Waals surface area contributed by atoms with Crippen LogP contribution in [0, 0.1) is 0 Å². The lowest BCUT2D eigenvalue weighted by Crippen LogP contribution is -2.23. The van der Waals surface area contributed by atoms with Gasteiger partial charge in [0.25, 0.3) is 0 Å². The van der Waals surface area contributed by atoms with Gasteiger partial charge >= 0.3 is 0 Å². The highest BCUT2D eigenvalue weighted by molar-refractivity contribution is 7.89. The molecule has 0 spiro atoms. The van der Waals surface area contributed by atoms with Gasteiger partial charge in [0, 0.05) is 18.3 Å². The van der Waals surface area contributed by atoms with Gasteiger partial charge in [0.15, 0.2) is 5.82 Å². The molecule has 0 unspecified atom stereocenters. The van der Waals surface area contributed by atoms with E-state index in [1.165, 1.54) is 6.33 Å². The van der Waals surface area contributed by atoms with Gasteiger partial charge in [-0.1, -0.05) is 48.5 Å². The summed E-state index contributed by atoms with van der Waals surface area (Å²) < 4.78 is 28.5. The molecule has 0 aliphatic carbocycles. The minimum absolute atomic E-state index is 0.172. The van der Waals surface area contributed by atoms with Crippen molar-refractivity contribution in [1.82, 2.24) is 24.7 Å². The molecule has 3 aromatic heterocycles. The molecule has 2 aromatic carbocycles. The predicted molar refractivity (Wildman–Crippen MR) is 135 cm³/mol. The van der Waals surface area contributed by atoms with Crippen LogP contribution in [0.1, 0.15) is 11.3 Å². The van der Waals surface area contributed by atoms with E-state index in [0.29, 0.717) is 34.7 Å². The average molecular weight is 483 g/mol. The van der Waals surface area contributed by atoms with Crippen molar-refractivity contribution in [1.29, 1.82) is 0 Å². The van der Waals surface area contributed by atoms with Gasteiger partial charge in [-0.15, -0.1) is 0 Å². The molecule has 0 aliphatic heterocycles. The van der Waals surface area contributed by atoms with Crippen molar-refractivity contribution in [3.63, 3.8) is 0 Å². The summed E-state index contributed by atoms with van der Waals surface area (Å²) in [6.07, 6.45) is 3.22. The summed E-state index contributed by atoms with van der Waals surface area (Å²) in [7, 11) is -3.70. The van der Waals surface area contributed by atoms with Crippen molar-refractivity contribution in [2.45, 2.75) is 18.0 Å². The third kappa shape index (κ3) is 5.32. The number of rotatable bonds is 8. The van der Waals surface area contributed by atoms with E-state index in [-0.39, 0.29) is 11.4 Å². The van der Waals surface area contributed by atoms with Crippen molar-refractivity contribution < 1.29 is 8.42 Å². The Labute approximate surface area is 203 Å². The first-order valence-corrected chi connectivity index (χ1v) is 12.5. The predicted octanol–water partition coefficient (Wildman–Crippen LogP) is 4.18. The molecule has 5 rings (SSSR count). The normalized spacial score (nSPS) is 11.4. The van der Waals surface area contributed by atoms with Crippen LogP contribution >= 0.6 is 0 Å². The van der Waals surface area contributed by atoms with Crippen molar-refractivity contribution in [3.05, 3.63) is 109 Å². The van der Waals surface area contributed by atoms with E-state index in [4.69, 9.17) is 4.98 Å². The number of hydrogen-bond acceptors (Lipinski definition) is 7. The number of pyridine rings is 2. The minimum atomic E-state index is -3.70. The molecule has 0 radical (unpaired) electrons. The zero-order chi connectivity index (χ0) is 24.1. The van der Waals surface area contributed by atoms with Crippen LogP contribution in [0.5, 0.6) is 0 Å². The van der Waals surface area contributed by atoms with Crippen LogP contribution in [0.2, 0.25) is 0 Å². The van der Waals surface area contributed by atoms with Crippen LogP contribution in [-0.2, 0) is 23.1 Å². The molecule has 0 bridgehead atoms. The second-order valence-corrected chi connectivity index (χ2v) is 9.57. The Bertz CT molecular complexity index is 1560. The van der Waals surface area contributed by atoms with E-state index in [9.17, 15) is 8.42 Å². The minimum Gasteiger partial charge on any atom is -0.363 e. The molecule has 8 nitrogen and oxygen atoms in total. The second-order valence-electron chi connectivity index (χ2n) is 7.80. The lowest BCUT2D eigenvalue weighted by Gasteiger charge is -2.10. The summed E-state index contributed by atoms with van der Waals surface area (Å²) in [5.41, 5.74) is 4.32. The summed E-state index contributed by atoms with van der Waals surface area (Å²) in [5.74, 6) is 0.579. The maximum atomic E-state index is 12.9. The Hall–Kier alpha value is -4.21. The Morgan fingerprint density at radius 1 is 0.771 bits per heavy atom. The van der Waals surface area contributed by atoms with Gasteiger partial charge < -0.3 is 5.32 Å². The monoisotopic (exact) mass is 482 g/mol. The van der Waals surface area contributed by atoms with Gasteiger partial charge in [0.2, 0.25) is 10.0 Å². The van der Waals surface area contributed by atoms with Crippen LogP contribution in [0.25, 0.3) is 22.3 Å². The molecule has 2 N–H and O–H groups in total. The Balaban J connectivity index is 1.41. The summed E-state index contributed by atoms with van der Waals surface area (Å²) in [5, 5.41) is 3.27. The van der Waals surface area contributed by atoms with Crippen LogP contribution in [0.3, 0.4) is 0 Å². The number of sulfonamides is 1. The number of benzene rings is 2. The molecule has 35 heavy (non-hydrogen) atoms. The molecule has 5 aromatic rings. The fraction of sp³-hybridized carbons (Fsp3) is 0.0769. The van der Waals surface area contributed by atoms with E-state index in [1.54, 1.807) is 24.4 Å². The molecule has 0 aliphatic rings. The first kappa shape index (κ1) is 22.6. The van der Waals surface area contributed by atoms with E-state index in [1.807, 2.05) is 66.7 Å². The Morgan fingerprint density at radius 2 is 1.63 bits per heavy atom. The van der Waals surface area contributed by atoms with Gasteiger partial charge in [-0.2, -0.15) is 0 Å². The quantitative estimate of drug-likeness (QED) is 0.341. The lowest BCUT2D eigenvalue weighted by molar-refractivity contribution is 0.581. The van der Waals surface area contributed by atoms with Crippen LogP contribution in [0.4, 0.5) is 5.82 Å². The van der Waals surface area contributed by atoms with Crippen LogP contribution in [-0.4, -0.2) is 28.4 Å². The van der Waals surface area contributed by atoms with Gasteiger partial charge in [-0.25, -0.2) is 28.1 Å². The molecule has 0 amide bonds. The highest BCUT2D eigenvalue weighted by atomic mass is 32.2. The fourth-order valence-electron chi connectivity index (χ4n) is 3.59. The van der Waals surface area contributed by atoms with Crippen LogP contribution in [0.15, 0.2) is 102 Å². The van der Waals surface area contributed by atoms with Gasteiger partial charge in [0.1, 0.15) is 11.8 Å². The van der Waals surface area contributed by atoms with E-state index < -0.39 is 10.0 Å². The fourth-order valence-corrected chi connectivity index (χ4v) is 4.65. The molecule has 0 fully saturated rings. The number of anilines is 1. The standard InChI is InChI=1S/C26H22N6O2S/c33-35(34,31-16-19-7-2-1-3-8-19)22-11-6-9-20(15-22)23-12-13-24-25(32-23)26(30-18-29-24)28-17-21-10-4-5-14-27-21/h1-15,18,31H,16-17H2,(H,28,29,30). The smallest absolute Gasteiger partial charge is 0.240 e. The third-order valence-corrected chi connectivity index (χ3v) is 6.79. The molecule has 0 saturated carbocycles. The second kappa shape index (κ2) is 9.96. The third-order valence-electron chi connectivity index (χ3n) is 5.39. The van der Waals surface area contributed by atoms with Crippen molar-refractivity contribution in [3.8, 4) is 11.3 Å². The first-order chi connectivity index (χ1) is 17.1. The topological polar surface area (TPSA) is 110 Å². The molecule has 0 saturated heterocycles. The van der Waals surface area contributed by atoms with E-state index in [2.05, 4.69) is 25.0 Å². The molecule has 9 heteroatoms.